The summed E-state index contributed by atoms with van der Waals surface area (Å²) in [5, 5.41) is 8.99. The van der Waals surface area contributed by atoms with E-state index in [4.69, 9.17) is 9.84 Å². The summed E-state index contributed by atoms with van der Waals surface area (Å²) in [5.41, 5.74) is 1.22. The molecular formula is C14H22N2O4S. The molecular weight excluding hydrogens is 292 g/mol. The molecule has 0 aromatic heterocycles. The fourth-order valence-corrected chi connectivity index (χ4v) is 3.72. The third kappa shape index (κ3) is 4.38. The van der Waals surface area contributed by atoms with Crippen molar-refractivity contribution >= 4 is 23.8 Å². The number of carboxylic acid groups (broad SMARTS) is 1. The predicted octanol–water partition coefficient (Wildman–Crippen LogP) is 1.28. The van der Waals surface area contributed by atoms with Gasteiger partial charge in [0.2, 0.25) is 0 Å². The molecule has 1 saturated heterocycles. The van der Waals surface area contributed by atoms with Gasteiger partial charge in [-0.1, -0.05) is 6.08 Å². The number of methoxy groups -OCH3 is 1. The SMILES string of the molecule is COCC1=CCN(C(=O)N2CCSCC2CC(=O)O)CC1. The lowest BCUT2D eigenvalue weighted by molar-refractivity contribution is -0.138. The average Bonchev–Trinajstić information content (AvgIpc) is 2.48. The molecule has 0 aromatic carbocycles. The first-order chi connectivity index (χ1) is 10.1. The monoisotopic (exact) mass is 314 g/mol. The molecule has 1 N–H and O–H groups in total. The van der Waals surface area contributed by atoms with Crippen molar-refractivity contribution in [2.24, 2.45) is 0 Å². The van der Waals surface area contributed by atoms with Crippen LogP contribution in [0.25, 0.3) is 0 Å². The van der Waals surface area contributed by atoms with E-state index in [1.165, 1.54) is 5.57 Å². The van der Waals surface area contributed by atoms with Gasteiger partial charge in [-0.25, -0.2) is 4.79 Å². The van der Waals surface area contributed by atoms with Gasteiger partial charge in [-0.15, -0.1) is 0 Å². The lowest BCUT2D eigenvalue weighted by atomic mass is 10.1. The Bertz CT molecular complexity index is 427. The molecule has 6 nitrogen and oxygen atoms in total. The molecule has 7 heteroatoms. The smallest absolute Gasteiger partial charge is 0.320 e. The van der Waals surface area contributed by atoms with Gasteiger partial charge in [0.25, 0.3) is 0 Å². The molecule has 1 unspecified atom stereocenters. The minimum absolute atomic E-state index is 0.0251. The maximum Gasteiger partial charge on any atom is 0.320 e. The van der Waals surface area contributed by atoms with Crippen LogP contribution in [-0.4, -0.2) is 77.8 Å². The molecule has 2 rings (SSSR count). The van der Waals surface area contributed by atoms with Gasteiger partial charge in [0, 0.05) is 38.2 Å². The number of carbonyl (C=O) groups excluding carboxylic acids is 1. The molecule has 2 amide bonds. The average molecular weight is 314 g/mol. The molecule has 1 atom stereocenters. The highest BCUT2D eigenvalue weighted by Gasteiger charge is 2.32. The summed E-state index contributed by atoms with van der Waals surface area (Å²) in [5.74, 6) is 0.734. The van der Waals surface area contributed by atoms with E-state index >= 15 is 0 Å². The van der Waals surface area contributed by atoms with Crippen molar-refractivity contribution in [3.05, 3.63) is 11.6 Å². The standard InChI is InChI=1S/C14H22N2O4S/c1-20-9-11-2-4-15(5-3-11)14(19)16-6-7-21-10-12(16)8-13(17)18/h2,12H,3-10H2,1H3,(H,17,18). The van der Waals surface area contributed by atoms with Crippen LogP contribution in [0.4, 0.5) is 4.79 Å². The maximum atomic E-state index is 12.6. The lowest BCUT2D eigenvalue weighted by Crippen LogP contribution is -2.53. The summed E-state index contributed by atoms with van der Waals surface area (Å²) in [4.78, 5) is 27.1. The predicted molar refractivity (Wildman–Crippen MR) is 81.6 cm³/mol. The summed E-state index contributed by atoms with van der Waals surface area (Å²) < 4.78 is 5.10. The van der Waals surface area contributed by atoms with E-state index in [2.05, 4.69) is 0 Å². The van der Waals surface area contributed by atoms with Gasteiger partial charge >= 0.3 is 12.0 Å². The van der Waals surface area contributed by atoms with Crippen LogP contribution in [0.3, 0.4) is 0 Å². The summed E-state index contributed by atoms with van der Waals surface area (Å²) >= 11 is 1.72. The zero-order valence-corrected chi connectivity index (χ0v) is 13.1. The van der Waals surface area contributed by atoms with Crippen LogP contribution in [0.15, 0.2) is 11.6 Å². The number of amides is 2. The molecule has 2 heterocycles. The van der Waals surface area contributed by atoms with E-state index < -0.39 is 5.97 Å². The van der Waals surface area contributed by atoms with E-state index in [1.807, 2.05) is 6.08 Å². The molecule has 0 bridgehead atoms. The Morgan fingerprint density at radius 1 is 1.48 bits per heavy atom. The zero-order chi connectivity index (χ0) is 15.2. The number of thioether (sulfide) groups is 1. The highest BCUT2D eigenvalue weighted by Crippen LogP contribution is 2.22. The third-order valence-electron chi connectivity index (χ3n) is 3.79. The van der Waals surface area contributed by atoms with Gasteiger partial charge in [0.1, 0.15) is 0 Å². The van der Waals surface area contributed by atoms with Crippen LogP contribution in [0.5, 0.6) is 0 Å². The first-order valence-electron chi connectivity index (χ1n) is 7.13. The van der Waals surface area contributed by atoms with Crippen molar-refractivity contribution < 1.29 is 19.4 Å². The fraction of sp³-hybridized carbons (Fsp3) is 0.714. The Hall–Kier alpha value is -1.21. The molecule has 21 heavy (non-hydrogen) atoms. The Balaban J connectivity index is 1.96. The number of rotatable bonds is 4. The van der Waals surface area contributed by atoms with Gasteiger partial charge in [-0.05, 0) is 12.0 Å². The number of hydrogen-bond donors (Lipinski definition) is 1. The minimum Gasteiger partial charge on any atom is -0.481 e. The Morgan fingerprint density at radius 3 is 2.90 bits per heavy atom. The van der Waals surface area contributed by atoms with Crippen molar-refractivity contribution in [1.82, 2.24) is 9.80 Å². The highest BCUT2D eigenvalue weighted by atomic mass is 32.2. The third-order valence-corrected chi connectivity index (χ3v) is 4.88. The van der Waals surface area contributed by atoms with E-state index in [0.29, 0.717) is 32.0 Å². The van der Waals surface area contributed by atoms with E-state index in [0.717, 1.165) is 12.2 Å². The molecule has 0 spiro atoms. The molecule has 0 radical (unpaired) electrons. The Labute approximate surface area is 129 Å². The number of carboxylic acids is 1. The van der Waals surface area contributed by atoms with E-state index in [-0.39, 0.29) is 18.5 Å². The Morgan fingerprint density at radius 2 is 2.29 bits per heavy atom. The highest BCUT2D eigenvalue weighted by molar-refractivity contribution is 7.99. The van der Waals surface area contributed by atoms with Crippen LogP contribution in [0, 0.1) is 0 Å². The quantitative estimate of drug-likeness (QED) is 0.792. The molecule has 1 fully saturated rings. The topological polar surface area (TPSA) is 70.1 Å². The van der Waals surface area contributed by atoms with Gasteiger partial charge in [0.15, 0.2) is 0 Å². The number of nitrogens with zero attached hydrogens (tertiary/aromatic N) is 2. The van der Waals surface area contributed by atoms with Crippen molar-refractivity contribution in [1.29, 1.82) is 0 Å². The van der Waals surface area contributed by atoms with Gasteiger partial charge < -0.3 is 19.6 Å². The second-order valence-electron chi connectivity index (χ2n) is 5.29. The first-order valence-corrected chi connectivity index (χ1v) is 8.29. The van der Waals surface area contributed by atoms with Crippen LogP contribution in [-0.2, 0) is 9.53 Å². The normalized spacial score (nSPS) is 22.9. The molecule has 2 aliphatic rings. The molecule has 0 saturated carbocycles. The van der Waals surface area contributed by atoms with Crippen molar-refractivity contribution in [2.45, 2.75) is 18.9 Å². The van der Waals surface area contributed by atoms with Crippen LogP contribution in [0.1, 0.15) is 12.8 Å². The van der Waals surface area contributed by atoms with E-state index in [1.54, 1.807) is 28.7 Å². The zero-order valence-electron chi connectivity index (χ0n) is 12.3. The summed E-state index contributed by atoms with van der Waals surface area (Å²) in [6.45, 7) is 2.51. The summed E-state index contributed by atoms with van der Waals surface area (Å²) in [6, 6.07) is -0.229. The first kappa shape index (κ1) is 16.2. The van der Waals surface area contributed by atoms with E-state index in [9.17, 15) is 9.59 Å². The van der Waals surface area contributed by atoms with Gasteiger partial charge in [0.05, 0.1) is 19.1 Å². The molecule has 118 valence electrons. The minimum atomic E-state index is -0.846. The molecule has 2 aliphatic heterocycles. The van der Waals surface area contributed by atoms with Gasteiger partial charge in [-0.3, -0.25) is 4.79 Å². The van der Waals surface area contributed by atoms with Crippen molar-refractivity contribution in [3.63, 3.8) is 0 Å². The molecule has 0 aliphatic carbocycles. The summed E-state index contributed by atoms with van der Waals surface area (Å²) in [7, 11) is 1.67. The number of hydrogen-bond acceptors (Lipinski definition) is 4. The van der Waals surface area contributed by atoms with Crippen LogP contribution >= 0.6 is 11.8 Å². The van der Waals surface area contributed by atoms with Crippen LogP contribution < -0.4 is 0 Å². The fourth-order valence-electron chi connectivity index (χ4n) is 2.66. The largest absolute Gasteiger partial charge is 0.481 e. The number of urea groups is 1. The molecule has 0 aromatic rings. The number of carbonyl (C=O) groups is 2. The maximum absolute atomic E-state index is 12.6. The number of aliphatic carboxylic acids is 1. The van der Waals surface area contributed by atoms with Gasteiger partial charge in [-0.2, -0.15) is 11.8 Å². The number of ether oxygens (including phenoxy) is 1. The lowest BCUT2D eigenvalue weighted by Gasteiger charge is -2.39. The second kappa shape index (κ2) is 7.70. The van der Waals surface area contributed by atoms with Crippen LogP contribution in [0.2, 0.25) is 0 Å². The van der Waals surface area contributed by atoms with Crippen molar-refractivity contribution in [2.75, 3.05) is 44.9 Å². The summed E-state index contributed by atoms with van der Waals surface area (Å²) in [6.07, 6.45) is 2.89. The Kier molecular flexibility index (Phi) is 5.93. The second-order valence-corrected chi connectivity index (χ2v) is 6.44. The van der Waals surface area contributed by atoms with Crippen molar-refractivity contribution in [3.8, 4) is 0 Å².